The van der Waals surface area contributed by atoms with Gasteiger partial charge in [0.05, 0.1) is 17.2 Å². The van der Waals surface area contributed by atoms with Gasteiger partial charge in [-0.1, -0.05) is 11.6 Å². The molecule has 0 aliphatic rings. The standard InChI is InChI=1S/C13H17ClF3N3O2/c1-8(7-22-2)20-11(21)3-4-18-12-10(14)5-9(6-19-12)13(15,16)17/h5-6,8H,3-4,7H2,1-2H3,(H,18,19)(H,20,21)/t8-/m1/s1. The lowest BCUT2D eigenvalue weighted by molar-refractivity contribution is -0.137. The Kier molecular flexibility index (Phi) is 6.89. The summed E-state index contributed by atoms with van der Waals surface area (Å²) in [4.78, 5) is 15.2. The first-order chi connectivity index (χ1) is 10.2. The summed E-state index contributed by atoms with van der Waals surface area (Å²) in [5, 5.41) is 5.28. The summed E-state index contributed by atoms with van der Waals surface area (Å²) in [6, 6.07) is 0.669. The zero-order valence-electron chi connectivity index (χ0n) is 12.1. The zero-order chi connectivity index (χ0) is 16.8. The van der Waals surface area contributed by atoms with Crippen molar-refractivity contribution in [1.29, 1.82) is 0 Å². The van der Waals surface area contributed by atoms with Gasteiger partial charge in [-0.15, -0.1) is 0 Å². The summed E-state index contributed by atoms with van der Waals surface area (Å²) in [6.45, 7) is 2.39. The van der Waals surface area contributed by atoms with Crippen molar-refractivity contribution in [1.82, 2.24) is 10.3 Å². The molecule has 22 heavy (non-hydrogen) atoms. The number of aromatic nitrogens is 1. The Morgan fingerprint density at radius 2 is 2.18 bits per heavy atom. The maximum Gasteiger partial charge on any atom is 0.417 e. The quantitative estimate of drug-likeness (QED) is 0.801. The van der Waals surface area contributed by atoms with Gasteiger partial charge in [0, 0.05) is 32.3 Å². The second kappa shape index (κ2) is 8.19. The molecule has 1 amide bonds. The Labute approximate surface area is 131 Å². The smallest absolute Gasteiger partial charge is 0.383 e. The van der Waals surface area contributed by atoms with E-state index in [4.69, 9.17) is 16.3 Å². The van der Waals surface area contributed by atoms with Crippen LogP contribution in [0.25, 0.3) is 0 Å². The molecule has 0 fully saturated rings. The minimum absolute atomic E-state index is 0.104. The van der Waals surface area contributed by atoms with Crippen LogP contribution in [0, 0.1) is 0 Å². The average molecular weight is 340 g/mol. The van der Waals surface area contributed by atoms with Gasteiger partial charge in [-0.25, -0.2) is 4.98 Å². The maximum atomic E-state index is 12.5. The van der Waals surface area contributed by atoms with Gasteiger partial charge < -0.3 is 15.4 Å². The van der Waals surface area contributed by atoms with Crippen molar-refractivity contribution in [3.05, 3.63) is 22.8 Å². The van der Waals surface area contributed by atoms with Gasteiger partial charge in [0.25, 0.3) is 0 Å². The van der Waals surface area contributed by atoms with E-state index in [1.807, 2.05) is 0 Å². The molecule has 1 rings (SSSR count). The van der Waals surface area contributed by atoms with Gasteiger partial charge in [-0.05, 0) is 13.0 Å². The van der Waals surface area contributed by atoms with Crippen molar-refractivity contribution in [2.75, 3.05) is 25.6 Å². The first-order valence-electron chi connectivity index (χ1n) is 6.49. The fraction of sp³-hybridized carbons (Fsp3) is 0.538. The number of nitrogens with one attached hydrogen (secondary N) is 2. The van der Waals surface area contributed by atoms with E-state index >= 15 is 0 Å². The van der Waals surface area contributed by atoms with E-state index in [0.717, 1.165) is 6.07 Å². The van der Waals surface area contributed by atoms with E-state index in [9.17, 15) is 18.0 Å². The molecular formula is C13H17ClF3N3O2. The molecule has 1 heterocycles. The van der Waals surface area contributed by atoms with Gasteiger partial charge in [0.1, 0.15) is 5.82 Å². The number of rotatable bonds is 7. The van der Waals surface area contributed by atoms with Crippen LogP contribution in [0.2, 0.25) is 5.02 Å². The van der Waals surface area contributed by atoms with Gasteiger partial charge >= 0.3 is 6.18 Å². The summed E-state index contributed by atoms with van der Waals surface area (Å²) in [6.07, 6.45) is -3.67. The fourth-order valence-corrected chi connectivity index (χ4v) is 1.89. The molecule has 5 nitrogen and oxygen atoms in total. The van der Waals surface area contributed by atoms with E-state index < -0.39 is 11.7 Å². The summed E-state index contributed by atoms with van der Waals surface area (Å²) in [5.74, 6) is -0.104. The van der Waals surface area contributed by atoms with Crippen LogP contribution in [0.15, 0.2) is 12.3 Å². The Morgan fingerprint density at radius 1 is 1.50 bits per heavy atom. The summed E-state index contributed by atoms with van der Waals surface area (Å²) < 4.78 is 42.3. The second-order valence-corrected chi connectivity index (χ2v) is 5.06. The van der Waals surface area contributed by atoms with Crippen LogP contribution in [-0.4, -0.2) is 37.2 Å². The fourth-order valence-electron chi connectivity index (χ4n) is 1.66. The lowest BCUT2D eigenvalue weighted by Gasteiger charge is -2.13. The van der Waals surface area contributed by atoms with Crippen molar-refractivity contribution in [2.24, 2.45) is 0 Å². The van der Waals surface area contributed by atoms with E-state index in [-0.39, 0.29) is 35.8 Å². The number of nitrogens with zero attached hydrogens (tertiary/aromatic N) is 1. The molecule has 9 heteroatoms. The van der Waals surface area contributed by atoms with E-state index in [1.165, 1.54) is 7.11 Å². The molecule has 1 aromatic heterocycles. The van der Waals surface area contributed by atoms with Crippen LogP contribution in [0.4, 0.5) is 19.0 Å². The molecule has 0 radical (unpaired) electrons. The van der Waals surface area contributed by atoms with Crippen LogP contribution in [0.1, 0.15) is 18.9 Å². The normalized spacial score (nSPS) is 12.8. The number of hydrogen-bond donors (Lipinski definition) is 2. The SMILES string of the molecule is COC[C@@H](C)NC(=O)CCNc1ncc(C(F)(F)F)cc1Cl. The summed E-state index contributed by atoms with van der Waals surface area (Å²) in [7, 11) is 1.53. The number of pyridine rings is 1. The zero-order valence-corrected chi connectivity index (χ0v) is 12.9. The molecule has 0 spiro atoms. The Morgan fingerprint density at radius 3 is 2.73 bits per heavy atom. The first-order valence-corrected chi connectivity index (χ1v) is 6.86. The molecule has 124 valence electrons. The van der Waals surface area contributed by atoms with Crippen molar-refractivity contribution < 1.29 is 22.7 Å². The number of anilines is 1. The molecule has 1 atom stereocenters. The number of ether oxygens (including phenoxy) is 1. The van der Waals surface area contributed by atoms with Gasteiger partial charge in [0.15, 0.2) is 0 Å². The molecule has 0 aromatic carbocycles. The highest BCUT2D eigenvalue weighted by Crippen LogP contribution is 2.32. The average Bonchev–Trinajstić information content (AvgIpc) is 2.39. The number of carbonyl (C=O) groups excluding carboxylic acids is 1. The molecule has 2 N–H and O–H groups in total. The number of hydrogen-bond acceptors (Lipinski definition) is 4. The highest BCUT2D eigenvalue weighted by atomic mass is 35.5. The minimum atomic E-state index is -4.49. The molecule has 0 unspecified atom stereocenters. The molecule has 0 aliphatic heterocycles. The van der Waals surface area contributed by atoms with E-state index in [2.05, 4.69) is 15.6 Å². The highest BCUT2D eigenvalue weighted by Gasteiger charge is 2.31. The number of methoxy groups -OCH3 is 1. The lowest BCUT2D eigenvalue weighted by atomic mass is 10.2. The first kappa shape index (κ1) is 18.5. The van der Waals surface area contributed by atoms with Crippen LogP contribution in [0.5, 0.6) is 0 Å². The monoisotopic (exact) mass is 339 g/mol. The number of halogens is 4. The van der Waals surface area contributed by atoms with Crippen LogP contribution < -0.4 is 10.6 Å². The van der Waals surface area contributed by atoms with Crippen molar-refractivity contribution >= 4 is 23.3 Å². The number of carbonyl (C=O) groups is 1. The second-order valence-electron chi connectivity index (χ2n) is 4.65. The molecule has 1 aromatic rings. The molecule has 0 saturated carbocycles. The Bertz CT molecular complexity index is 512. The number of alkyl halides is 3. The van der Waals surface area contributed by atoms with Crippen LogP contribution >= 0.6 is 11.6 Å². The minimum Gasteiger partial charge on any atom is -0.383 e. The third-order valence-corrected chi connectivity index (χ3v) is 2.93. The topological polar surface area (TPSA) is 63.2 Å². The third kappa shape index (κ3) is 6.07. The lowest BCUT2D eigenvalue weighted by Crippen LogP contribution is -2.36. The highest BCUT2D eigenvalue weighted by molar-refractivity contribution is 6.32. The number of amides is 1. The van der Waals surface area contributed by atoms with E-state index in [1.54, 1.807) is 6.92 Å². The Balaban J connectivity index is 2.47. The molecular weight excluding hydrogens is 323 g/mol. The van der Waals surface area contributed by atoms with Crippen molar-refractivity contribution in [2.45, 2.75) is 25.6 Å². The van der Waals surface area contributed by atoms with Gasteiger partial charge in [0.2, 0.25) is 5.91 Å². The molecule has 0 bridgehead atoms. The molecule has 0 aliphatic carbocycles. The predicted octanol–water partition coefficient (Wildman–Crippen LogP) is 2.71. The van der Waals surface area contributed by atoms with Crippen molar-refractivity contribution in [3.63, 3.8) is 0 Å². The summed E-state index contributed by atoms with van der Waals surface area (Å²) >= 11 is 5.73. The predicted molar refractivity (Wildman–Crippen MR) is 76.8 cm³/mol. The summed E-state index contributed by atoms with van der Waals surface area (Å²) in [5.41, 5.74) is -0.922. The van der Waals surface area contributed by atoms with Gasteiger partial charge in [-0.2, -0.15) is 13.2 Å². The third-order valence-electron chi connectivity index (χ3n) is 2.64. The molecule has 0 saturated heterocycles. The van der Waals surface area contributed by atoms with Gasteiger partial charge in [-0.3, -0.25) is 4.79 Å². The Hall–Kier alpha value is -1.54. The largest absolute Gasteiger partial charge is 0.417 e. The maximum absolute atomic E-state index is 12.5. The van der Waals surface area contributed by atoms with Crippen LogP contribution in [-0.2, 0) is 15.7 Å². The van der Waals surface area contributed by atoms with Crippen molar-refractivity contribution in [3.8, 4) is 0 Å². The van der Waals surface area contributed by atoms with Crippen LogP contribution in [0.3, 0.4) is 0 Å². The van der Waals surface area contributed by atoms with E-state index in [0.29, 0.717) is 12.8 Å².